The summed E-state index contributed by atoms with van der Waals surface area (Å²) in [4.78, 5) is 2.46. The Bertz CT molecular complexity index is 419. The summed E-state index contributed by atoms with van der Waals surface area (Å²) in [5.41, 5.74) is 7.88. The average molecular weight is 262 g/mol. The first-order chi connectivity index (χ1) is 9.11. The highest BCUT2D eigenvalue weighted by Crippen LogP contribution is 2.30. The van der Waals surface area contributed by atoms with Crippen LogP contribution in [0, 0.1) is 5.92 Å². The minimum absolute atomic E-state index is 0.680. The lowest BCUT2D eigenvalue weighted by Crippen LogP contribution is -2.38. The van der Waals surface area contributed by atoms with Gasteiger partial charge in [-0.2, -0.15) is 0 Å². The summed E-state index contributed by atoms with van der Waals surface area (Å²) in [6.45, 7) is 3.28. The quantitative estimate of drug-likeness (QED) is 0.846. The van der Waals surface area contributed by atoms with Crippen LogP contribution in [0.5, 0.6) is 5.75 Å². The Labute approximate surface area is 116 Å². The van der Waals surface area contributed by atoms with Crippen LogP contribution in [0.25, 0.3) is 0 Å². The topological polar surface area (TPSA) is 38.5 Å². The van der Waals surface area contributed by atoms with Gasteiger partial charge in [-0.3, -0.25) is 4.90 Å². The molecule has 1 aromatic rings. The zero-order chi connectivity index (χ0) is 13.8. The van der Waals surface area contributed by atoms with Crippen molar-refractivity contribution in [2.24, 2.45) is 5.92 Å². The molecule has 2 atom stereocenters. The molecule has 0 bridgehead atoms. The van der Waals surface area contributed by atoms with E-state index in [1.807, 2.05) is 18.2 Å². The molecule has 0 heterocycles. The van der Waals surface area contributed by atoms with Crippen LogP contribution in [0.4, 0.5) is 5.69 Å². The van der Waals surface area contributed by atoms with Gasteiger partial charge in [-0.25, -0.2) is 0 Å². The van der Waals surface area contributed by atoms with E-state index in [0.29, 0.717) is 6.04 Å². The number of hydrogen-bond acceptors (Lipinski definition) is 3. The molecule has 106 valence electrons. The second-order valence-corrected chi connectivity index (χ2v) is 5.82. The van der Waals surface area contributed by atoms with Gasteiger partial charge >= 0.3 is 0 Å². The molecule has 0 aromatic heterocycles. The van der Waals surface area contributed by atoms with Crippen LogP contribution in [0.3, 0.4) is 0 Å². The van der Waals surface area contributed by atoms with Crippen molar-refractivity contribution in [3.05, 3.63) is 23.8 Å². The van der Waals surface area contributed by atoms with E-state index in [9.17, 15) is 0 Å². The fraction of sp³-hybridized carbons (Fsp3) is 0.625. The van der Waals surface area contributed by atoms with Crippen LogP contribution >= 0.6 is 0 Å². The fourth-order valence-corrected chi connectivity index (χ4v) is 3.26. The van der Waals surface area contributed by atoms with Crippen molar-refractivity contribution in [2.75, 3.05) is 19.9 Å². The maximum atomic E-state index is 5.89. The summed E-state index contributed by atoms with van der Waals surface area (Å²) in [5, 5.41) is 0. The Morgan fingerprint density at radius 1 is 1.32 bits per heavy atom. The Balaban J connectivity index is 2.09. The Kier molecular flexibility index (Phi) is 4.70. The molecule has 1 saturated carbocycles. The summed E-state index contributed by atoms with van der Waals surface area (Å²) in [5.74, 6) is 1.72. The molecule has 19 heavy (non-hydrogen) atoms. The van der Waals surface area contributed by atoms with Gasteiger partial charge in [-0.1, -0.05) is 19.8 Å². The van der Waals surface area contributed by atoms with Gasteiger partial charge in [0, 0.05) is 23.8 Å². The zero-order valence-corrected chi connectivity index (χ0v) is 12.4. The van der Waals surface area contributed by atoms with Gasteiger partial charge in [0.15, 0.2) is 0 Å². The summed E-state index contributed by atoms with van der Waals surface area (Å²) in [7, 11) is 3.94. The molecule has 0 spiro atoms. The minimum atomic E-state index is 0.680. The van der Waals surface area contributed by atoms with Crippen molar-refractivity contribution >= 4 is 5.69 Å². The smallest absolute Gasteiger partial charge is 0.123 e. The van der Waals surface area contributed by atoms with Crippen molar-refractivity contribution in [1.82, 2.24) is 4.90 Å². The molecule has 2 unspecified atom stereocenters. The van der Waals surface area contributed by atoms with E-state index in [0.717, 1.165) is 23.9 Å². The van der Waals surface area contributed by atoms with Crippen LogP contribution in [0.2, 0.25) is 0 Å². The number of methoxy groups -OCH3 is 1. The Hall–Kier alpha value is -1.22. The zero-order valence-electron chi connectivity index (χ0n) is 12.4. The third-order valence-electron chi connectivity index (χ3n) is 4.36. The molecule has 1 aromatic carbocycles. The lowest BCUT2D eigenvalue weighted by Gasteiger charge is -2.36. The molecule has 1 aliphatic carbocycles. The van der Waals surface area contributed by atoms with E-state index in [1.165, 1.54) is 31.2 Å². The molecule has 1 fully saturated rings. The predicted octanol–water partition coefficient (Wildman–Crippen LogP) is 3.29. The number of nitrogen functional groups attached to an aromatic ring is 1. The third kappa shape index (κ3) is 3.41. The van der Waals surface area contributed by atoms with E-state index >= 15 is 0 Å². The molecule has 2 rings (SSSR count). The lowest BCUT2D eigenvalue weighted by atomic mass is 9.85. The van der Waals surface area contributed by atoms with Gasteiger partial charge in [0.05, 0.1) is 7.11 Å². The fourth-order valence-electron chi connectivity index (χ4n) is 3.26. The monoisotopic (exact) mass is 262 g/mol. The van der Waals surface area contributed by atoms with Crippen LogP contribution in [0.1, 0.15) is 38.2 Å². The highest BCUT2D eigenvalue weighted by Gasteiger charge is 2.25. The molecule has 3 heteroatoms. The van der Waals surface area contributed by atoms with E-state index in [2.05, 4.69) is 18.9 Å². The lowest BCUT2D eigenvalue weighted by molar-refractivity contribution is 0.132. The molecule has 1 aliphatic rings. The van der Waals surface area contributed by atoms with Gasteiger partial charge in [-0.15, -0.1) is 0 Å². The van der Waals surface area contributed by atoms with Gasteiger partial charge < -0.3 is 10.5 Å². The molecule has 0 radical (unpaired) electrons. The van der Waals surface area contributed by atoms with Crippen molar-refractivity contribution in [3.63, 3.8) is 0 Å². The number of nitrogens with zero attached hydrogens (tertiary/aromatic N) is 1. The maximum Gasteiger partial charge on any atom is 0.123 e. The molecular weight excluding hydrogens is 236 g/mol. The van der Waals surface area contributed by atoms with Crippen molar-refractivity contribution in [1.29, 1.82) is 0 Å². The summed E-state index contributed by atoms with van der Waals surface area (Å²) < 4.78 is 5.43. The number of benzene rings is 1. The van der Waals surface area contributed by atoms with E-state index < -0.39 is 0 Å². The van der Waals surface area contributed by atoms with Crippen molar-refractivity contribution < 1.29 is 4.74 Å². The highest BCUT2D eigenvalue weighted by atomic mass is 16.5. The first-order valence-corrected chi connectivity index (χ1v) is 7.24. The molecule has 0 amide bonds. The Morgan fingerprint density at radius 2 is 2.05 bits per heavy atom. The molecule has 2 N–H and O–H groups in total. The Morgan fingerprint density at radius 3 is 2.74 bits per heavy atom. The number of hydrogen-bond donors (Lipinski definition) is 1. The van der Waals surface area contributed by atoms with Crippen molar-refractivity contribution in [3.8, 4) is 5.75 Å². The molecule has 3 nitrogen and oxygen atoms in total. The normalized spacial score (nSPS) is 23.6. The van der Waals surface area contributed by atoms with Crippen molar-refractivity contribution in [2.45, 2.75) is 45.2 Å². The van der Waals surface area contributed by atoms with E-state index in [-0.39, 0.29) is 0 Å². The number of anilines is 1. The first-order valence-electron chi connectivity index (χ1n) is 7.24. The van der Waals surface area contributed by atoms with Gasteiger partial charge in [0.2, 0.25) is 0 Å². The van der Waals surface area contributed by atoms with Gasteiger partial charge in [0.25, 0.3) is 0 Å². The van der Waals surface area contributed by atoms with Crippen LogP contribution in [0.15, 0.2) is 18.2 Å². The SMILES string of the molecule is COc1ccc(N)cc1CN(C)C1CCCCC1C. The van der Waals surface area contributed by atoms with Crippen LogP contribution in [-0.4, -0.2) is 25.1 Å². The molecule has 0 saturated heterocycles. The van der Waals surface area contributed by atoms with Crippen LogP contribution in [-0.2, 0) is 6.54 Å². The largest absolute Gasteiger partial charge is 0.496 e. The average Bonchev–Trinajstić information content (AvgIpc) is 2.39. The summed E-state index contributed by atoms with van der Waals surface area (Å²) >= 11 is 0. The second kappa shape index (κ2) is 6.29. The van der Waals surface area contributed by atoms with E-state index in [1.54, 1.807) is 7.11 Å². The molecular formula is C16H26N2O. The first kappa shape index (κ1) is 14.2. The van der Waals surface area contributed by atoms with Crippen LogP contribution < -0.4 is 10.5 Å². The summed E-state index contributed by atoms with van der Waals surface area (Å²) in [6, 6.07) is 6.57. The maximum absolute atomic E-state index is 5.89. The highest BCUT2D eigenvalue weighted by molar-refractivity contribution is 5.47. The molecule has 0 aliphatic heterocycles. The van der Waals surface area contributed by atoms with E-state index in [4.69, 9.17) is 10.5 Å². The predicted molar refractivity (Wildman–Crippen MR) is 80.3 cm³/mol. The summed E-state index contributed by atoms with van der Waals surface area (Å²) in [6.07, 6.45) is 5.39. The standard InChI is InChI=1S/C16H26N2O/c1-12-6-4-5-7-15(12)18(2)11-13-10-14(17)8-9-16(13)19-3/h8-10,12,15H,4-7,11,17H2,1-3H3. The number of rotatable bonds is 4. The van der Waals surface area contributed by atoms with Gasteiger partial charge in [-0.05, 0) is 44.0 Å². The second-order valence-electron chi connectivity index (χ2n) is 5.82. The van der Waals surface area contributed by atoms with Gasteiger partial charge in [0.1, 0.15) is 5.75 Å². The third-order valence-corrected chi connectivity index (χ3v) is 4.36. The minimum Gasteiger partial charge on any atom is -0.496 e. The number of nitrogens with two attached hydrogens (primary N) is 1. The number of ether oxygens (including phenoxy) is 1.